The van der Waals surface area contributed by atoms with Crippen LogP contribution in [-0.4, -0.2) is 30.2 Å². The molecular formula is C10H20FN. The molecule has 0 radical (unpaired) electrons. The molecule has 1 unspecified atom stereocenters. The highest BCUT2D eigenvalue weighted by Gasteiger charge is 2.24. The van der Waals surface area contributed by atoms with Crippen molar-refractivity contribution in [3.63, 3.8) is 0 Å². The molecule has 1 saturated heterocycles. The predicted octanol–water partition coefficient (Wildman–Crippen LogP) is 2.46. The van der Waals surface area contributed by atoms with Gasteiger partial charge in [0.2, 0.25) is 0 Å². The maximum Gasteiger partial charge on any atom is 0.103 e. The SMILES string of the molecule is CC(C)CN1CCC(F)C[C@H]1C. The summed E-state index contributed by atoms with van der Waals surface area (Å²) in [5, 5.41) is 0. The van der Waals surface area contributed by atoms with Gasteiger partial charge in [0.15, 0.2) is 0 Å². The zero-order chi connectivity index (χ0) is 9.14. The Labute approximate surface area is 74.9 Å². The maximum absolute atomic E-state index is 12.9. The lowest BCUT2D eigenvalue weighted by Gasteiger charge is -2.36. The van der Waals surface area contributed by atoms with Crippen LogP contribution in [0.1, 0.15) is 33.6 Å². The topological polar surface area (TPSA) is 3.24 Å². The van der Waals surface area contributed by atoms with Crippen LogP contribution < -0.4 is 0 Å². The number of halogens is 1. The van der Waals surface area contributed by atoms with E-state index in [1.807, 2.05) is 0 Å². The molecule has 1 aliphatic heterocycles. The fourth-order valence-corrected chi connectivity index (χ4v) is 1.90. The minimum atomic E-state index is -0.552. The van der Waals surface area contributed by atoms with Gasteiger partial charge in [-0.2, -0.15) is 0 Å². The van der Waals surface area contributed by atoms with Crippen LogP contribution in [0, 0.1) is 5.92 Å². The Morgan fingerprint density at radius 1 is 1.50 bits per heavy atom. The van der Waals surface area contributed by atoms with Gasteiger partial charge in [0.25, 0.3) is 0 Å². The van der Waals surface area contributed by atoms with Crippen molar-refractivity contribution in [3.05, 3.63) is 0 Å². The van der Waals surface area contributed by atoms with Crippen LogP contribution in [0.5, 0.6) is 0 Å². The van der Waals surface area contributed by atoms with Crippen molar-refractivity contribution in [1.82, 2.24) is 4.90 Å². The molecular weight excluding hydrogens is 153 g/mol. The van der Waals surface area contributed by atoms with Gasteiger partial charge in [-0.25, -0.2) is 4.39 Å². The molecule has 0 N–H and O–H groups in total. The summed E-state index contributed by atoms with van der Waals surface area (Å²) in [6.07, 6.45) is 0.910. The quantitative estimate of drug-likeness (QED) is 0.620. The van der Waals surface area contributed by atoms with E-state index in [4.69, 9.17) is 0 Å². The molecule has 0 aromatic carbocycles. The van der Waals surface area contributed by atoms with Crippen LogP contribution >= 0.6 is 0 Å². The van der Waals surface area contributed by atoms with E-state index >= 15 is 0 Å². The van der Waals surface area contributed by atoms with E-state index in [2.05, 4.69) is 25.7 Å². The summed E-state index contributed by atoms with van der Waals surface area (Å²) in [5.41, 5.74) is 0. The first kappa shape index (κ1) is 9.97. The van der Waals surface area contributed by atoms with Gasteiger partial charge in [-0.1, -0.05) is 13.8 Å². The molecule has 1 nitrogen and oxygen atoms in total. The first-order valence-electron chi connectivity index (χ1n) is 4.97. The number of rotatable bonds is 2. The van der Waals surface area contributed by atoms with Gasteiger partial charge in [0.1, 0.15) is 6.17 Å². The smallest absolute Gasteiger partial charge is 0.103 e. The first-order valence-corrected chi connectivity index (χ1v) is 4.97. The highest BCUT2D eigenvalue weighted by atomic mass is 19.1. The number of alkyl halides is 1. The van der Waals surface area contributed by atoms with Crippen molar-refractivity contribution in [1.29, 1.82) is 0 Å². The second-order valence-corrected chi connectivity index (χ2v) is 4.36. The molecule has 0 aromatic heterocycles. The average molecular weight is 173 g/mol. The van der Waals surface area contributed by atoms with Crippen LogP contribution in [0.25, 0.3) is 0 Å². The molecule has 2 heteroatoms. The molecule has 0 saturated carbocycles. The van der Waals surface area contributed by atoms with E-state index < -0.39 is 6.17 Å². The molecule has 1 fully saturated rings. The molecule has 0 bridgehead atoms. The van der Waals surface area contributed by atoms with Gasteiger partial charge in [-0.05, 0) is 25.7 Å². The highest BCUT2D eigenvalue weighted by molar-refractivity contribution is 4.78. The lowest BCUT2D eigenvalue weighted by molar-refractivity contribution is 0.0896. The molecule has 1 aliphatic rings. The number of piperidine rings is 1. The van der Waals surface area contributed by atoms with Crippen molar-refractivity contribution in [3.8, 4) is 0 Å². The Morgan fingerprint density at radius 2 is 2.17 bits per heavy atom. The van der Waals surface area contributed by atoms with Crippen LogP contribution in [0.4, 0.5) is 4.39 Å². The average Bonchev–Trinajstić information content (AvgIpc) is 1.94. The number of nitrogens with zero attached hydrogens (tertiary/aromatic N) is 1. The van der Waals surface area contributed by atoms with E-state index in [-0.39, 0.29) is 0 Å². The van der Waals surface area contributed by atoms with Crippen molar-refractivity contribution >= 4 is 0 Å². The lowest BCUT2D eigenvalue weighted by atomic mass is 10.0. The fraction of sp³-hybridized carbons (Fsp3) is 1.00. The van der Waals surface area contributed by atoms with Crippen molar-refractivity contribution in [2.45, 2.75) is 45.8 Å². The van der Waals surface area contributed by atoms with Crippen LogP contribution in [0.2, 0.25) is 0 Å². The largest absolute Gasteiger partial charge is 0.300 e. The molecule has 72 valence electrons. The van der Waals surface area contributed by atoms with Gasteiger partial charge >= 0.3 is 0 Å². The van der Waals surface area contributed by atoms with Crippen LogP contribution in [-0.2, 0) is 0 Å². The summed E-state index contributed by atoms with van der Waals surface area (Å²) in [6, 6.07) is 0.441. The van der Waals surface area contributed by atoms with Gasteiger partial charge < -0.3 is 4.90 Å². The molecule has 1 heterocycles. The van der Waals surface area contributed by atoms with E-state index in [1.54, 1.807) is 0 Å². The van der Waals surface area contributed by atoms with Crippen LogP contribution in [0.15, 0.2) is 0 Å². The van der Waals surface area contributed by atoms with Gasteiger partial charge in [0, 0.05) is 19.1 Å². The lowest BCUT2D eigenvalue weighted by Crippen LogP contribution is -2.43. The molecule has 0 amide bonds. The Balaban J connectivity index is 2.34. The van der Waals surface area contributed by atoms with E-state index in [0.29, 0.717) is 12.0 Å². The number of hydrogen-bond acceptors (Lipinski definition) is 1. The Kier molecular flexibility index (Phi) is 3.51. The standard InChI is InChI=1S/C10H20FN/c1-8(2)7-12-5-4-10(11)6-9(12)3/h8-10H,4-7H2,1-3H3/t9-,10?/m1/s1. The monoisotopic (exact) mass is 173 g/mol. The maximum atomic E-state index is 12.9. The number of likely N-dealkylation sites (tertiary alicyclic amines) is 1. The van der Waals surface area contributed by atoms with Crippen molar-refractivity contribution in [2.24, 2.45) is 5.92 Å². The molecule has 1 rings (SSSR count). The molecule has 12 heavy (non-hydrogen) atoms. The van der Waals surface area contributed by atoms with E-state index in [0.717, 1.165) is 25.9 Å². The summed E-state index contributed by atoms with van der Waals surface area (Å²) in [4.78, 5) is 2.40. The van der Waals surface area contributed by atoms with Crippen molar-refractivity contribution < 1.29 is 4.39 Å². The third-order valence-electron chi connectivity index (χ3n) is 2.55. The highest BCUT2D eigenvalue weighted by Crippen LogP contribution is 2.20. The summed E-state index contributed by atoms with van der Waals surface area (Å²) < 4.78 is 12.9. The minimum Gasteiger partial charge on any atom is -0.300 e. The summed E-state index contributed by atoms with van der Waals surface area (Å²) in [6.45, 7) is 8.63. The second-order valence-electron chi connectivity index (χ2n) is 4.36. The zero-order valence-corrected chi connectivity index (χ0v) is 8.39. The molecule has 0 spiro atoms. The normalized spacial score (nSPS) is 32.8. The van der Waals surface area contributed by atoms with Gasteiger partial charge in [0.05, 0.1) is 0 Å². The summed E-state index contributed by atoms with van der Waals surface area (Å²) in [7, 11) is 0. The Bertz CT molecular complexity index is 136. The van der Waals surface area contributed by atoms with E-state index in [9.17, 15) is 4.39 Å². The summed E-state index contributed by atoms with van der Waals surface area (Å²) in [5.74, 6) is 0.698. The van der Waals surface area contributed by atoms with Crippen molar-refractivity contribution in [2.75, 3.05) is 13.1 Å². The molecule has 0 aliphatic carbocycles. The summed E-state index contributed by atoms with van der Waals surface area (Å²) >= 11 is 0. The Hall–Kier alpha value is -0.110. The predicted molar refractivity (Wildman–Crippen MR) is 50.0 cm³/mol. The molecule has 2 atom stereocenters. The zero-order valence-electron chi connectivity index (χ0n) is 8.39. The van der Waals surface area contributed by atoms with E-state index in [1.165, 1.54) is 0 Å². The fourth-order valence-electron chi connectivity index (χ4n) is 1.90. The number of hydrogen-bond donors (Lipinski definition) is 0. The first-order chi connectivity index (χ1) is 5.59. The van der Waals surface area contributed by atoms with Gasteiger partial charge in [-0.3, -0.25) is 0 Å². The third kappa shape index (κ3) is 2.74. The Morgan fingerprint density at radius 3 is 2.67 bits per heavy atom. The van der Waals surface area contributed by atoms with Crippen LogP contribution in [0.3, 0.4) is 0 Å². The second kappa shape index (κ2) is 4.22. The minimum absolute atomic E-state index is 0.441. The van der Waals surface area contributed by atoms with Gasteiger partial charge in [-0.15, -0.1) is 0 Å². The third-order valence-corrected chi connectivity index (χ3v) is 2.55. The molecule has 0 aromatic rings.